The van der Waals surface area contributed by atoms with E-state index >= 15 is 0 Å². The van der Waals surface area contributed by atoms with Crippen molar-refractivity contribution in [3.8, 4) is 5.75 Å². The Kier molecular flexibility index (Phi) is 7.27. The van der Waals surface area contributed by atoms with Crippen LogP contribution in [0.3, 0.4) is 0 Å². The molecular weight excluding hydrogens is 508 g/mol. The average Bonchev–Trinajstić information content (AvgIpc) is 3.04. The highest BCUT2D eigenvalue weighted by atomic mass is 16.5. The highest BCUT2D eigenvalue weighted by Crippen LogP contribution is 2.31. The van der Waals surface area contributed by atoms with Crippen LogP contribution in [-0.2, 0) is 17.0 Å². The zero-order valence-corrected chi connectivity index (χ0v) is 22.3. The summed E-state index contributed by atoms with van der Waals surface area (Å²) >= 11 is 0. The molecule has 0 spiro atoms. The molecule has 200 valence electrons. The summed E-state index contributed by atoms with van der Waals surface area (Å²) in [5.41, 5.74) is 3.35. The number of nitrogens with zero attached hydrogens (tertiary/aromatic N) is 1. The summed E-state index contributed by atoms with van der Waals surface area (Å²) in [4.78, 5) is 13.5. The van der Waals surface area contributed by atoms with Gasteiger partial charge < -0.3 is 9.84 Å². The van der Waals surface area contributed by atoms with Crippen molar-refractivity contribution < 1.29 is 14.6 Å². The van der Waals surface area contributed by atoms with Crippen molar-refractivity contribution in [3.63, 3.8) is 0 Å². The molecule has 0 unspecified atom stereocenters. The number of amides is 1. The Morgan fingerprint density at radius 2 is 1.24 bits per heavy atom. The number of aliphatic hydroxyl groups is 1. The lowest BCUT2D eigenvalue weighted by molar-refractivity contribution is -0.136. The van der Waals surface area contributed by atoms with Gasteiger partial charge in [0, 0.05) is 5.56 Å². The van der Waals surface area contributed by atoms with Crippen LogP contribution in [0, 0.1) is 0 Å². The number of hydrogen-bond acceptors (Lipinski definition) is 4. The molecule has 2 N–H and O–H groups in total. The van der Waals surface area contributed by atoms with E-state index in [0.29, 0.717) is 23.5 Å². The van der Waals surface area contributed by atoms with Gasteiger partial charge in [-0.25, -0.2) is 5.43 Å². The van der Waals surface area contributed by atoms with Crippen molar-refractivity contribution in [1.82, 2.24) is 5.43 Å². The van der Waals surface area contributed by atoms with E-state index in [4.69, 9.17) is 4.74 Å². The lowest BCUT2D eigenvalue weighted by Gasteiger charge is -2.27. The third-order valence-corrected chi connectivity index (χ3v) is 7.27. The summed E-state index contributed by atoms with van der Waals surface area (Å²) in [6.45, 7) is 0.370. The fraction of sp³-hybridized carbons (Fsp3) is 0.0556. The molecular formula is C36H28N2O3. The van der Waals surface area contributed by atoms with Gasteiger partial charge in [-0.15, -0.1) is 0 Å². The first-order valence-corrected chi connectivity index (χ1v) is 13.4. The number of carbonyl (C=O) groups is 1. The van der Waals surface area contributed by atoms with Crippen LogP contribution in [0.1, 0.15) is 22.3 Å². The van der Waals surface area contributed by atoms with E-state index < -0.39 is 11.5 Å². The van der Waals surface area contributed by atoms with E-state index in [1.54, 1.807) is 54.7 Å². The predicted molar refractivity (Wildman–Crippen MR) is 164 cm³/mol. The normalized spacial score (nSPS) is 11.6. The molecule has 6 aromatic rings. The fourth-order valence-electron chi connectivity index (χ4n) is 5.13. The zero-order valence-electron chi connectivity index (χ0n) is 22.3. The van der Waals surface area contributed by atoms with E-state index in [9.17, 15) is 9.90 Å². The quantitative estimate of drug-likeness (QED) is 0.163. The number of fused-ring (bicyclic) bond motifs is 2. The molecule has 6 rings (SSSR count). The van der Waals surface area contributed by atoms with Crippen molar-refractivity contribution in [1.29, 1.82) is 0 Å². The van der Waals surface area contributed by atoms with Crippen LogP contribution in [0.15, 0.2) is 145 Å². The summed E-state index contributed by atoms with van der Waals surface area (Å²) in [6.07, 6.45) is 1.58. The van der Waals surface area contributed by atoms with E-state index in [2.05, 4.69) is 34.8 Å². The van der Waals surface area contributed by atoms with E-state index in [1.807, 2.05) is 66.7 Å². The molecule has 0 bridgehead atoms. The summed E-state index contributed by atoms with van der Waals surface area (Å²) in [6, 6.07) is 44.0. The standard InChI is InChI=1S/C36H28N2O3/c39-35(36(40,29-16-3-1-4-17-29)30-18-5-2-6-19-30)38-37-24-33-32-21-10-8-13-27(32)22-23-34(33)41-25-28-15-11-14-26-12-7-9-20-31(26)28/h1-24,40H,25H2,(H,38,39)/b37-24-. The van der Waals surface area contributed by atoms with Crippen LogP contribution in [0.5, 0.6) is 5.75 Å². The minimum Gasteiger partial charge on any atom is -0.488 e. The lowest BCUT2D eigenvalue weighted by Crippen LogP contribution is -2.43. The van der Waals surface area contributed by atoms with Crippen LogP contribution in [0.25, 0.3) is 21.5 Å². The second-order valence-electron chi connectivity index (χ2n) is 9.77. The fourth-order valence-corrected chi connectivity index (χ4v) is 5.13. The van der Waals surface area contributed by atoms with Crippen molar-refractivity contribution in [2.75, 3.05) is 0 Å². The topological polar surface area (TPSA) is 70.9 Å². The largest absolute Gasteiger partial charge is 0.488 e. The van der Waals surface area contributed by atoms with E-state index in [1.165, 1.54) is 0 Å². The van der Waals surface area contributed by atoms with Gasteiger partial charge in [0.05, 0.1) is 6.21 Å². The van der Waals surface area contributed by atoms with Gasteiger partial charge in [0.2, 0.25) is 0 Å². The van der Waals surface area contributed by atoms with Gasteiger partial charge in [0.1, 0.15) is 12.4 Å². The van der Waals surface area contributed by atoms with Crippen LogP contribution in [-0.4, -0.2) is 17.2 Å². The number of hydrazone groups is 1. The molecule has 0 aliphatic carbocycles. The molecule has 0 radical (unpaired) electrons. The number of nitrogens with one attached hydrogen (secondary N) is 1. The van der Waals surface area contributed by atoms with Gasteiger partial charge in [-0.1, -0.05) is 133 Å². The average molecular weight is 537 g/mol. The van der Waals surface area contributed by atoms with Gasteiger partial charge in [0.15, 0.2) is 5.60 Å². The highest BCUT2D eigenvalue weighted by molar-refractivity contribution is 6.03. The van der Waals surface area contributed by atoms with Crippen LogP contribution < -0.4 is 10.2 Å². The Hall–Kier alpha value is -5.26. The predicted octanol–water partition coefficient (Wildman–Crippen LogP) is 6.96. The molecule has 6 aromatic carbocycles. The number of rotatable bonds is 8. The van der Waals surface area contributed by atoms with Gasteiger partial charge in [-0.3, -0.25) is 4.79 Å². The third-order valence-electron chi connectivity index (χ3n) is 7.27. The summed E-state index contributed by atoms with van der Waals surface area (Å²) in [5, 5.41) is 20.3. The molecule has 0 aliphatic rings. The molecule has 0 aliphatic heterocycles. The number of carbonyl (C=O) groups excluding carboxylic acids is 1. The van der Waals surface area contributed by atoms with Crippen LogP contribution in [0.2, 0.25) is 0 Å². The SMILES string of the molecule is O=C(N/N=C\c1c(OCc2cccc3ccccc23)ccc2ccccc12)C(O)(c1ccccc1)c1ccccc1. The number of benzene rings is 6. The second-order valence-corrected chi connectivity index (χ2v) is 9.77. The maximum Gasteiger partial charge on any atom is 0.281 e. The van der Waals surface area contributed by atoms with Gasteiger partial charge >= 0.3 is 0 Å². The van der Waals surface area contributed by atoms with Crippen molar-refractivity contribution in [2.24, 2.45) is 5.10 Å². The maximum atomic E-state index is 13.5. The Balaban J connectivity index is 1.31. The highest BCUT2D eigenvalue weighted by Gasteiger charge is 2.39. The molecule has 0 fully saturated rings. The van der Waals surface area contributed by atoms with Gasteiger partial charge in [0.25, 0.3) is 5.91 Å². The van der Waals surface area contributed by atoms with Gasteiger partial charge in [-0.05, 0) is 44.3 Å². The monoisotopic (exact) mass is 536 g/mol. The summed E-state index contributed by atoms with van der Waals surface area (Å²) in [7, 11) is 0. The Bertz CT molecular complexity index is 1810. The van der Waals surface area contributed by atoms with E-state index in [-0.39, 0.29) is 0 Å². The molecule has 5 nitrogen and oxygen atoms in total. The Morgan fingerprint density at radius 1 is 0.683 bits per heavy atom. The smallest absolute Gasteiger partial charge is 0.281 e. The minimum absolute atomic E-state index is 0.370. The Labute approximate surface area is 238 Å². The summed E-state index contributed by atoms with van der Waals surface area (Å²) < 4.78 is 6.35. The molecule has 1 amide bonds. The second kappa shape index (κ2) is 11.5. The van der Waals surface area contributed by atoms with Crippen molar-refractivity contribution in [2.45, 2.75) is 12.2 Å². The van der Waals surface area contributed by atoms with Crippen molar-refractivity contribution >= 4 is 33.7 Å². The summed E-state index contributed by atoms with van der Waals surface area (Å²) in [5.74, 6) is -0.0272. The molecule has 0 saturated carbocycles. The first-order valence-electron chi connectivity index (χ1n) is 13.4. The number of ether oxygens (including phenoxy) is 1. The first-order chi connectivity index (χ1) is 20.1. The first kappa shape index (κ1) is 26.0. The van der Waals surface area contributed by atoms with E-state index in [0.717, 1.165) is 32.7 Å². The maximum absolute atomic E-state index is 13.5. The van der Waals surface area contributed by atoms with Crippen molar-refractivity contribution in [3.05, 3.63) is 162 Å². The Morgan fingerprint density at radius 3 is 1.93 bits per heavy atom. The molecule has 0 heterocycles. The third kappa shape index (κ3) is 5.19. The minimum atomic E-state index is -1.92. The molecule has 41 heavy (non-hydrogen) atoms. The molecule has 0 aromatic heterocycles. The van der Waals surface area contributed by atoms with Crippen LogP contribution in [0.4, 0.5) is 0 Å². The van der Waals surface area contributed by atoms with Gasteiger partial charge in [-0.2, -0.15) is 5.10 Å². The number of hydrogen-bond donors (Lipinski definition) is 2. The lowest BCUT2D eigenvalue weighted by atomic mass is 9.85. The molecule has 5 heteroatoms. The molecule has 0 saturated heterocycles. The molecule has 0 atom stereocenters. The zero-order chi connectivity index (χ0) is 28.1. The van der Waals surface area contributed by atoms with Crippen LogP contribution >= 0.6 is 0 Å².